The monoisotopic (exact) mass is 597 g/mol. The average Bonchev–Trinajstić information content (AvgIpc) is 2.87. The highest BCUT2D eigenvalue weighted by atomic mass is 35.5. The van der Waals surface area contributed by atoms with E-state index in [4.69, 9.17) is 11.6 Å². The molecule has 0 saturated carbocycles. The number of rotatable bonds is 10. The van der Waals surface area contributed by atoms with Gasteiger partial charge in [0, 0.05) is 17.1 Å². The molecule has 0 bridgehead atoms. The highest BCUT2D eigenvalue weighted by Gasteiger charge is 2.35. The second-order valence-electron chi connectivity index (χ2n) is 11.4. The molecule has 2 amide bonds. The van der Waals surface area contributed by atoms with Gasteiger partial charge in [0.2, 0.25) is 11.8 Å². The van der Waals surface area contributed by atoms with Crippen LogP contribution in [0.4, 0.5) is 5.69 Å². The smallest absolute Gasteiger partial charge is 0.264 e. The molecule has 0 heterocycles. The standard InChI is InChI=1S/C32H40ClN3O4S/c1-8-28(31(38)34-32(5,6)7)35(20-25-13-9-22(2)10-14-25)30(37)21-36(29-18-15-26(33)19-24(29)4)41(39,40)27-16-11-23(3)12-17-27/h9-19,28H,8,20-21H2,1-7H3,(H,34,38). The van der Waals surface area contributed by atoms with Gasteiger partial charge in [-0.1, -0.05) is 66.0 Å². The van der Waals surface area contributed by atoms with Crippen molar-refractivity contribution >= 4 is 39.1 Å². The lowest BCUT2D eigenvalue weighted by Crippen LogP contribution is -2.55. The third kappa shape index (κ3) is 8.33. The van der Waals surface area contributed by atoms with Crippen LogP contribution in [-0.4, -0.2) is 43.3 Å². The summed E-state index contributed by atoms with van der Waals surface area (Å²) in [5.74, 6) is -0.789. The molecular weight excluding hydrogens is 558 g/mol. The number of carbonyl (C=O) groups excluding carboxylic acids is 2. The lowest BCUT2D eigenvalue weighted by molar-refractivity contribution is -0.141. The molecular formula is C32H40ClN3O4S. The van der Waals surface area contributed by atoms with Crippen molar-refractivity contribution in [3.63, 3.8) is 0 Å². The van der Waals surface area contributed by atoms with Crippen LogP contribution in [0.2, 0.25) is 5.02 Å². The molecule has 1 atom stereocenters. The van der Waals surface area contributed by atoms with E-state index in [1.54, 1.807) is 37.3 Å². The zero-order valence-corrected chi connectivity index (χ0v) is 26.4. The summed E-state index contributed by atoms with van der Waals surface area (Å²) in [5, 5.41) is 3.44. The van der Waals surface area contributed by atoms with Gasteiger partial charge in [0.25, 0.3) is 10.0 Å². The highest BCUT2D eigenvalue weighted by molar-refractivity contribution is 7.92. The summed E-state index contributed by atoms with van der Waals surface area (Å²) in [4.78, 5) is 29.2. The van der Waals surface area contributed by atoms with Crippen LogP contribution in [0.1, 0.15) is 56.4 Å². The van der Waals surface area contributed by atoms with Crippen molar-refractivity contribution in [3.05, 3.63) is 94.0 Å². The Labute approximate surface area is 249 Å². The first-order chi connectivity index (χ1) is 19.1. The van der Waals surface area contributed by atoms with Crippen molar-refractivity contribution in [1.29, 1.82) is 0 Å². The lowest BCUT2D eigenvalue weighted by atomic mass is 10.1. The van der Waals surface area contributed by atoms with E-state index in [0.29, 0.717) is 22.7 Å². The predicted octanol–water partition coefficient (Wildman–Crippen LogP) is 6.18. The Hall–Kier alpha value is -3.36. The Bertz CT molecular complexity index is 1480. The molecule has 3 aromatic rings. The number of carbonyl (C=O) groups is 2. The minimum atomic E-state index is -4.15. The number of sulfonamides is 1. The van der Waals surface area contributed by atoms with Gasteiger partial charge in [-0.05, 0) is 89.4 Å². The SMILES string of the molecule is CCC(C(=O)NC(C)(C)C)N(Cc1ccc(C)cc1)C(=O)CN(c1ccc(Cl)cc1C)S(=O)(=O)c1ccc(C)cc1. The number of nitrogens with one attached hydrogen (secondary N) is 1. The molecule has 3 aromatic carbocycles. The minimum absolute atomic E-state index is 0.0628. The van der Waals surface area contributed by atoms with Gasteiger partial charge in [-0.3, -0.25) is 13.9 Å². The largest absolute Gasteiger partial charge is 0.350 e. The van der Waals surface area contributed by atoms with E-state index in [1.165, 1.54) is 17.0 Å². The molecule has 0 saturated heterocycles. The van der Waals surface area contributed by atoms with Crippen LogP contribution < -0.4 is 9.62 Å². The van der Waals surface area contributed by atoms with E-state index < -0.39 is 34.1 Å². The zero-order chi connectivity index (χ0) is 30.5. The Kier molecular flexibility index (Phi) is 10.3. The second-order valence-corrected chi connectivity index (χ2v) is 13.7. The van der Waals surface area contributed by atoms with Crippen LogP contribution in [-0.2, 0) is 26.2 Å². The number of anilines is 1. The summed E-state index contributed by atoms with van der Waals surface area (Å²) in [6, 6.07) is 18.3. The Morgan fingerprint density at radius 1 is 0.902 bits per heavy atom. The van der Waals surface area contributed by atoms with Crippen LogP contribution in [0.3, 0.4) is 0 Å². The molecule has 0 aliphatic carbocycles. The number of nitrogens with zero attached hydrogens (tertiary/aromatic N) is 2. The first-order valence-corrected chi connectivity index (χ1v) is 15.5. The predicted molar refractivity (Wildman–Crippen MR) is 166 cm³/mol. The van der Waals surface area contributed by atoms with Crippen LogP contribution in [0.25, 0.3) is 0 Å². The van der Waals surface area contributed by atoms with Gasteiger partial charge < -0.3 is 10.2 Å². The van der Waals surface area contributed by atoms with Crippen LogP contribution in [0.15, 0.2) is 71.6 Å². The Balaban J connectivity index is 2.10. The van der Waals surface area contributed by atoms with E-state index in [1.807, 2.05) is 65.8 Å². The number of hydrogen-bond acceptors (Lipinski definition) is 4. The third-order valence-corrected chi connectivity index (χ3v) is 8.68. The maximum Gasteiger partial charge on any atom is 0.264 e. The summed E-state index contributed by atoms with van der Waals surface area (Å²) in [6.07, 6.45) is 0.351. The number of halogens is 1. The molecule has 0 aliphatic heterocycles. The van der Waals surface area contributed by atoms with Gasteiger partial charge in [-0.25, -0.2) is 8.42 Å². The second kappa shape index (κ2) is 13.1. The molecule has 0 radical (unpaired) electrons. The fraction of sp³-hybridized carbons (Fsp3) is 0.375. The van der Waals surface area contributed by atoms with Crippen LogP contribution >= 0.6 is 11.6 Å². The lowest BCUT2D eigenvalue weighted by Gasteiger charge is -2.35. The zero-order valence-electron chi connectivity index (χ0n) is 24.9. The topological polar surface area (TPSA) is 86.8 Å². The molecule has 0 aliphatic rings. The molecule has 0 aromatic heterocycles. The molecule has 0 fully saturated rings. The first kappa shape index (κ1) is 32.2. The first-order valence-electron chi connectivity index (χ1n) is 13.6. The summed E-state index contributed by atoms with van der Waals surface area (Å²) in [5.41, 5.74) is 3.24. The van der Waals surface area contributed by atoms with Crippen molar-refractivity contribution in [3.8, 4) is 0 Å². The van der Waals surface area contributed by atoms with Crippen molar-refractivity contribution < 1.29 is 18.0 Å². The normalized spacial score (nSPS) is 12.5. The summed E-state index contributed by atoms with van der Waals surface area (Å²) in [7, 11) is -4.15. The molecule has 9 heteroatoms. The van der Waals surface area contributed by atoms with Crippen molar-refractivity contribution in [2.75, 3.05) is 10.8 Å². The van der Waals surface area contributed by atoms with E-state index in [-0.39, 0.29) is 17.3 Å². The molecule has 1 unspecified atom stereocenters. The van der Waals surface area contributed by atoms with E-state index in [0.717, 1.165) is 21.0 Å². The van der Waals surface area contributed by atoms with Crippen LogP contribution in [0, 0.1) is 20.8 Å². The molecule has 0 spiro atoms. The summed E-state index contributed by atoms with van der Waals surface area (Å²) < 4.78 is 29.2. The van der Waals surface area contributed by atoms with E-state index in [9.17, 15) is 18.0 Å². The van der Waals surface area contributed by atoms with Gasteiger partial charge in [-0.2, -0.15) is 0 Å². The third-order valence-electron chi connectivity index (χ3n) is 6.67. The molecule has 7 nitrogen and oxygen atoms in total. The fourth-order valence-electron chi connectivity index (χ4n) is 4.51. The van der Waals surface area contributed by atoms with E-state index in [2.05, 4.69) is 5.32 Å². The number of amides is 2. The molecule has 1 N–H and O–H groups in total. The Morgan fingerprint density at radius 2 is 1.46 bits per heavy atom. The number of hydrogen-bond donors (Lipinski definition) is 1. The van der Waals surface area contributed by atoms with Crippen LogP contribution in [0.5, 0.6) is 0 Å². The Morgan fingerprint density at radius 3 is 1.98 bits per heavy atom. The van der Waals surface area contributed by atoms with Gasteiger partial charge in [-0.15, -0.1) is 0 Å². The van der Waals surface area contributed by atoms with Gasteiger partial charge in [0.15, 0.2) is 0 Å². The quantitative estimate of drug-likeness (QED) is 0.302. The van der Waals surface area contributed by atoms with Crippen molar-refractivity contribution in [2.45, 2.75) is 77.9 Å². The minimum Gasteiger partial charge on any atom is -0.350 e. The van der Waals surface area contributed by atoms with Gasteiger partial charge in [0.05, 0.1) is 10.6 Å². The maximum atomic E-state index is 14.2. The molecule has 3 rings (SSSR count). The van der Waals surface area contributed by atoms with Crippen molar-refractivity contribution in [1.82, 2.24) is 10.2 Å². The summed E-state index contributed by atoms with van der Waals surface area (Å²) >= 11 is 6.19. The van der Waals surface area contributed by atoms with Crippen molar-refractivity contribution in [2.24, 2.45) is 0 Å². The highest BCUT2D eigenvalue weighted by Crippen LogP contribution is 2.30. The number of benzene rings is 3. The van der Waals surface area contributed by atoms with Gasteiger partial charge in [0.1, 0.15) is 12.6 Å². The molecule has 220 valence electrons. The fourth-order valence-corrected chi connectivity index (χ4v) is 6.22. The summed E-state index contributed by atoms with van der Waals surface area (Å²) in [6.45, 7) is 12.7. The molecule has 41 heavy (non-hydrogen) atoms. The van der Waals surface area contributed by atoms with E-state index >= 15 is 0 Å². The average molecular weight is 598 g/mol. The van der Waals surface area contributed by atoms with Gasteiger partial charge >= 0.3 is 0 Å². The number of aryl methyl sites for hydroxylation is 3. The maximum absolute atomic E-state index is 14.2.